The molecule has 9 heteroatoms. The number of amides is 2. The summed E-state index contributed by atoms with van der Waals surface area (Å²) in [5.41, 5.74) is 1.25. The first kappa shape index (κ1) is 15.7. The molecular formula is C15H16N6O3. The lowest BCUT2D eigenvalue weighted by molar-refractivity contribution is -0.119. The predicted molar refractivity (Wildman–Crippen MR) is 86.1 cm³/mol. The third kappa shape index (κ3) is 3.57. The number of nitrogens with one attached hydrogen (secondary N) is 2. The maximum atomic E-state index is 12.0. The fourth-order valence-corrected chi connectivity index (χ4v) is 1.94. The molecule has 0 aliphatic heterocycles. The van der Waals surface area contributed by atoms with E-state index in [0.29, 0.717) is 16.9 Å². The molecule has 2 amide bonds. The number of fused-ring (bicyclic) bond motifs is 1. The lowest BCUT2D eigenvalue weighted by Gasteiger charge is -2.03. The maximum absolute atomic E-state index is 12.0. The largest absolute Gasteiger partial charge is 0.423 e. The van der Waals surface area contributed by atoms with Gasteiger partial charge < -0.3 is 9.73 Å². The molecule has 0 fully saturated rings. The van der Waals surface area contributed by atoms with Gasteiger partial charge in [-0.2, -0.15) is 4.98 Å². The summed E-state index contributed by atoms with van der Waals surface area (Å²) >= 11 is 0. The van der Waals surface area contributed by atoms with Crippen LogP contribution >= 0.6 is 0 Å². The van der Waals surface area contributed by atoms with E-state index >= 15 is 0 Å². The number of benzene rings is 1. The van der Waals surface area contributed by atoms with Gasteiger partial charge >= 0.3 is 6.01 Å². The van der Waals surface area contributed by atoms with E-state index in [4.69, 9.17) is 4.42 Å². The fourth-order valence-electron chi connectivity index (χ4n) is 1.94. The molecule has 24 heavy (non-hydrogen) atoms. The topological polar surface area (TPSA) is 115 Å². The smallest absolute Gasteiger partial charge is 0.302 e. The quantitative estimate of drug-likeness (QED) is 0.736. The van der Waals surface area contributed by atoms with Gasteiger partial charge in [0.25, 0.3) is 0 Å². The minimum absolute atomic E-state index is 0.0801. The van der Waals surface area contributed by atoms with Crippen molar-refractivity contribution in [3.8, 4) is 0 Å². The second-order valence-electron chi connectivity index (χ2n) is 5.48. The molecule has 0 spiro atoms. The maximum Gasteiger partial charge on any atom is 0.302 e. The normalized spacial score (nSPS) is 11.0. The number of rotatable bonds is 5. The van der Waals surface area contributed by atoms with E-state index in [1.807, 2.05) is 12.1 Å². The number of nitrogens with zero attached hydrogens (tertiary/aromatic N) is 4. The highest BCUT2D eigenvalue weighted by Crippen LogP contribution is 2.17. The van der Waals surface area contributed by atoms with Gasteiger partial charge in [0.05, 0.1) is 6.20 Å². The Balaban J connectivity index is 1.60. The van der Waals surface area contributed by atoms with Crippen LogP contribution in [0.4, 0.5) is 11.8 Å². The molecule has 1 aromatic carbocycles. The number of carbonyl (C=O) groups is 2. The first-order valence-electron chi connectivity index (χ1n) is 7.37. The van der Waals surface area contributed by atoms with E-state index in [1.54, 1.807) is 26.0 Å². The van der Waals surface area contributed by atoms with E-state index in [2.05, 4.69) is 25.9 Å². The SMILES string of the molecule is CC(C)C(=O)Nc1cn(CC(=O)Nc2nc3ccccc3o2)nn1. The van der Waals surface area contributed by atoms with Gasteiger partial charge in [0.1, 0.15) is 12.1 Å². The molecule has 9 nitrogen and oxygen atoms in total. The summed E-state index contributed by atoms with van der Waals surface area (Å²) in [6.45, 7) is 3.46. The van der Waals surface area contributed by atoms with Crippen LogP contribution in [-0.2, 0) is 16.1 Å². The molecule has 0 saturated carbocycles. The van der Waals surface area contributed by atoms with Crippen LogP contribution in [0.5, 0.6) is 0 Å². The minimum Gasteiger partial charge on any atom is -0.423 e. The number of anilines is 2. The summed E-state index contributed by atoms with van der Waals surface area (Å²) in [5.74, 6) is -0.410. The Morgan fingerprint density at radius 2 is 2.04 bits per heavy atom. The van der Waals surface area contributed by atoms with Crippen LogP contribution in [0, 0.1) is 5.92 Å². The number of oxazole rings is 1. The zero-order valence-electron chi connectivity index (χ0n) is 13.2. The van der Waals surface area contributed by atoms with Crippen LogP contribution in [-0.4, -0.2) is 31.8 Å². The van der Waals surface area contributed by atoms with Crippen molar-refractivity contribution in [3.05, 3.63) is 30.5 Å². The molecule has 2 aromatic heterocycles. The van der Waals surface area contributed by atoms with Gasteiger partial charge in [-0.1, -0.05) is 31.2 Å². The van der Waals surface area contributed by atoms with E-state index < -0.39 is 0 Å². The summed E-state index contributed by atoms with van der Waals surface area (Å²) in [5, 5.41) is 12.8. The highest BCUT2D eigenvalue weighted by atomic mass is 16.4. The Morgan fingerprint density at radius 1 is 1.25 bits per heavy atom. The Bertz CT molecular complexity index is 849. The Kier molecular flexibility index (Phi) is 4.23. The number of carbonyl (C=O) groups excluding carboxylic acids is 2. The Labute approximate surface area is 137 Å². The number of hydrogen-bond donors (Lipinski definition) is 2. The number of hydrogen-bond acceptors (Lipinski definition) is 6. The van der Waals surface area contributed by atoms with Gasteiger partial charge in [-0.25, -0.2) is 4.68 Å². The van der Waals surface area contributed by atoms with Crippen LogP contribution in [0.2, 0.25) is 0 Å². The van der Waals surface area contributed by atoms with Crippen LogP contribution in [0.1, 0.15) is 13.8 Å². The highest BCUT2D eigenvalue weighted by Gasteiger charge is 2.13. The third-order valence-electron chi connectivity index (χ3n) is 3.16. The van der Waals surface area contributed by atoms with E-state index in [-0.39, 0.29) is 30.3 Å². The second-order valence-corrected chi connectivity index (χ2v) is 5.48. The van der Waals surface area contributed by atoms with Crippen molar-refractivity contribution in [1.82, 2.24) is 20.0 Å². The van der Waals surface area contributed by atoms with Gasteiger partial charge in [-0.3, -0.25) is 14.9 Å². The van der Waals surface area contributed by atoms with E-state index in [9.17, 15) is 9.59 Å². The predicted octanol–water partition coefficient (Wildman–Crippen LogP) is 1.65. The molecule has 0 bridgehead atoms. The summed E-state index contributed by atoms with van der Waals surface area (Å²) in [4.78, 5) is 27.8. The molecule has 3 rings (SSSR count). The number of para-hydroxylation sites is 2. The molecule has 0 atom stereocenters. The van der Waals surface area contributed by atoms with Crippen molar-refractivity contribution in [2.75, 3.05) is 10.6 Å². The second kappa shape index (κ2) is 6.49. The molecule has 0 aliphatic carbocycles. The third-order valence-corrected chi connectivity index (χ3v) is 3.16. The van der Waals surface area contributed by atoms with Crippen LogP contribution in [0.15, 0.2) is 34.9 Å². The van der Waals surface area contributed by atoms with Gasteiger partial charge in [-0.15, -0.1) is 5.10 Å². The fraction of sp³-hybridized carbons (Fsp3) is 0.267. The summed E-state index contributed by atoms with van der Waals surface area (Å²) in [6.07, 6.45) is 1.48. The molecule has 0 radical (unpaired) electrons. The first-order valence-corrected chi connectivity index (χ1v) is 7.37. The van der Waals surface area contributed by atoms with Crippen LogP contribution < -0.4 is 10.6 Å². The van der Waals surface area contributed by atoms with Crippen molar-refractivity contribution in [2.24, 2.45) is 5.92 Å². The summed E-state index contributed by atoms with van der Waals surface area (Å²) in [6, 6.07) is 7.32. The lowest BCUT2D eigenvalue weighted by Crippen LogP contribution is -2.19. The summed E-state index contributed by atoms with van der Waals surface area (Å²) < 4.78 is 6.73. The standard InChI is InChI=1S/C15H16N6O3/c1-9(2)14(23)17-12-7-21(20-19-12)8-13(22)18-15-16-10-5-3-4-6-11(10)24-15/h3-7,9H,8H2,1-2H3,(H,17,23)(H,16,18,22). The zero-order valence-corrected chi connectivity index (χ0v) is 13.2. The molecular weight excluding hydrogens is 312 g/mol. The first-order chi connectivity index (χ1) is 11.5. The molecule has 0 saturated heterocycles. The van der Waals surface area contributed by atoms with E-state index in [1.165, 1.54) is 10.9 Å². The molecule has 2 N–H and O–H groups in total. The Hall–Kier alpha value is -3.23. The zero-order chi connectivity index (χ0) is 17.1. The van der Waals surface area contributed by atoms with Gasteiger partial charge in [-0.05, 0) is 12.1 Å². The Morgan fingerprint density at radius 3 is 2.79 bits per heavy atom. The lowest BCUT2D eigenvalue weighted by atomic mass is 10.2. The van der Waals surface area contributed by atoms with Crippen molar-refractivity contribution >= 4 is 34.7 Å². The number of aromatic nitrogens is 4. The van der Waals surface area contributed by atoms with Crippen molar-refractivity contribution in [3.63, 3.8) is 0 Å². The summed E-state index contributed by atoms with van der Waals surface area (Å²) in [7, 11) is 0. The minimum atomic E-state index is -0.367. The van der Waals surface area contributed by atoms with E-state index in [0.717, 1.165) is 0 Å². The molecule has 0 aliphatic rings. The molecule has 0 unspecified atom stereocenters. The molecule has 2 heterocycles. The van der Waals surface area contributed by atoms with Crippen molar-refractivity contribution < 1.29 is 14.0 Å². The van der Waals surface area contributed by atoms with Crippen LogP contribution in [0.25, 0.3) is 11.1 Å². The molecule has 3 aromatic rings. The monoisotopic (exact) mass is 328 g/mol. The molecule has 124 valence electrons. The van der Waals surface area contributed by atoms with Gasteiger partial charge in [0.15, 0.2) is 11.4 Å². The average molecular weight is 328 g/mol. The van der Waals surface area contributed by atoms with Gasteiger partial charge in [0, 0.05) is 5.92 Å². The highest BCUT2D eigenvalue weighted by molar-refractivity contribution is 5.91. The van der Waals surface area contributed by atoms with Crippen molar-refractivity contribution in [1.29, 1.82) is 0 Å². The average Bonchev–Trinajstić information content (AvgIpc) is 3.12. The van der Waals surface area contributed by atoms with Crippen LogP contribution in [0.3, 0.4) is 0 Å². The van der Waals surface area contributed by atoms with Gasteiger partial charge in [0.2, 0.25) is 11.8 Å². The van der Waals surface area contributed by atoms with Crippen molar-refractivity contribution in [2.45, 2.75) is 20.4 Å².